The zero-order valence-electron chi connectivity index (χ0n) is 18.4. The molecule has 6 heteroatoms. The van der Waals surface area contributed by atoms with Gasteiger partial charge in [-0.15, -0.1) is 0 Å². The molecule has 0 fully saturated rings. The van der Waals surface area contributed by atoms with Crippen LogP contribution in [0.4, 0.5) is 5.82 Å². The van der Waals surface area contributed by atoms with Crippen LogP contribution in [0.15, 0.2) is 67.1 Å². The fourth-order valence-electron chi connectivity index (χ4n) is 4.00. The molecule has 2 aromatic carbocycles. The molecule has 4 N–H and O–H groups in total. The number of nitrogen functional groups attached to an aromatic ring is 1. The van der Waals surface area contributed by atoms with Crippen LogP contribution in [0.2, 0.25) is 0 Å². The van der Waals surface area contributed by atoms with Gasteiger partial charge in [-0.3, -0.25) is 0 Å². The Hall–Kier alpha value is -3.38. The van der Waals surface area contributed by atoms with E-state index in [1.54, 1.807) is 6.33 Å². The van der Waals surface area contributed by atoms with Gasteiger partial charge in [-0.25, -0.2) is 9.97 Å². The topological polar surface area (TPSA) is 92.0 Å². The number of fused-ring (bicyclic) bond motifs is 1. The van der Waals surface area contributed by atoms with Crippen LogP contribution in [-0.4, -0.2) is 21.1 Å². The van der Waals surface area contributed by atoms with Gasteiger partial charge in [0.15, 0.2) is 0 Å². The molecule has 0 aliphatic carbocycles. The summed E-state index contributed by atoms with van der Waals surface area (Å²) in [6, 6.07) is 17.8. The number of rotatable bonds is 11. The van der Waals surface area contributed by atoms with Crippen LogP contribution in [0, 0.1) is 0 Å². The third-order valence-electron chi connectivity index (χ3n) is 5.68. The molecular formula is C26H31N5O. The van der Waals surface area contributed by atoms with Gasteiger partial charge in [-0.05, 0) is 49.2 Å². The predicted molar refractivity (Wildman–Crippen MR) is 131 cm³/mol. The van der Waals surface area contributed by atoms with Gasteiger partial charge in [0.2, 0.25) is 0 Å². The van der Waals surface area contributed by atoms with Gasteiger partial charge in [-0.1, -0.05) is 56.0 Å². The van der Waals surface area contributed by atoms with Gasteiger partial charge in [-0.2, -0.15) is 0 Å². The molecule has 6 nitrogen and oxygen atoms in total. The van der Waals surface area contributed by atoms with Crippen LogP contribution in [0.25, 0.3) is 22.2 Å². The number of hydrogen-bond acceptors (Lipinski definition) is 5. The first-order valence-corrected chi connectivity index (χ1v) is 11.4. The second kappa shape index (κ2) is 10.8. The molecule has 0 bridgehead atoms. The highest BCUT2D eigenvalue weighted by molar-refractivity contribution is 6.00. The average Bonchev–Trinajstić information content (AvgIpc) is 3.20. The Balaban J connectivity index is 1.50. The minimum atomic E-state index is 0.509. The molecule has 0 saturated heterocycles. The quantitative estimate of drug-likeness (QED) is 0.295. The summed E-state index contributed by atoms with van der Waals surface area (Å²) in [7, 11) is 0. The molecule has 0 aliphatic rings. The van der Waals surface area contributed by atoms with Crippen LogP contribution < -0.4 is 16.2 Å². The van der Waals surface area contributed by atoms with E-state index in [4.69, 9.17) is 16.2 Å². The maximum absolute atomic E-state index is 6.26. The van der Waals surface area contributed by atoms with Crippen molar-refractivity contribution < 1.29 is 4.74 Å². The van der Waals surface area contributed by atoms with Gasteiger partial charge in [0, 0.05) is 18.3 Å². The number of ether oxygens (including phenoxy) is 1. The van der Waals surface area contributed by atoms with E-state index >= 15 is 0 Å². The van der Waals surface area contributed by atoms with E-state index < -0.39 is 0 Å². The highest BCUT2D eigenvalue weighted by Gasteiger charge is 2.15. The Morgan fingerprint density at radius 1 is 0.781 bits per heavy atom. The summed E-state index contributed by atoms with van der Waals surface area (Å²) < 4.78 is 8.13. The molecule has 4 rings (SSSR count). The molecule has 166 valence electrons. The number of benzene rings is 2. The maximum atomic E-state index is 6.26. The number of para-hydroxylation sites is 1. The maximum Gasteiger partial charge on any atom is 0.146 e. The Bertz CT molecular complexity index is 1120. The lowest BCUT2D eigenvalue weighted by atomic mass is 10.1. The molecule has 4 aromatic rings. The Morgan fingerprint density at radius 3 is 2.22 bits per heavy atom. The van der Waals surface area contributed by atoms with Gasteiger partial charge in [0.1, 0.15) is 29.3 Å². The number of nitrogens with two attached hydrogens (primary N) is 2. The number of unbranched alkanes of at least 4 members (excludes halogenated alkanes) is 5. The lowest BCUT2D eigenvalue weighted by Crippen LogP contribution is -2.00. The first-order chi connectivity index (χ1) is 15.8. The third-order valence-corrected chi connectivity index (χ3v) is 5.68. The predicted octanol–water partition coefficient (Wildman–Crippen LogP) is 5.77. The molecule has 0 atom stereocenters. The summed E-state index contributed by atoms with van der Waals surface area (Å²) in [5.41, 5.74) is 14.8. The molecule has 0 aliphatic heterocycles. The lowest BCUT2D eigenvalue weighted by Gasteiger charge is -2.06. The van der Waals surface area contributed by atoms with Crippen LogP contribution in [0.5, 0.6) is 11.5 Å². The van der Waals surface area contributed by atoms with Crippen molar-refractivity contribution in [3.63, 3.8) is 0 Å². The van der Waals surface area contributed by atoms with Crippen molar-refractivity contribution in [1.29, 1.82) is 0 Å². The van der Waals surface area contributed by atoms with E-state index in [1.165, 1.54) is 25.7 Å². The highest BCUT2D eigenvalue weighted by atomic mass is 16.5. The zero-order valence-corrected chi connectivity index (χ0v) is 18.4. The number of anilines is 1. The molecule has 0 unspecified atom stereocenters. The summed E-state index contributed by atoms with van der Waals surface area (Å²) in [6.07, 6.45) is 10.8. The van der Waals surface area contributed by atoms with Crippen molar-refractivity contribution in [3.05, 3.63) is 67.1 Å². The first-order valence-electron chi connectivity index (χ1n) is 11.4. The molecule has 0 amide bonds. The standard InChI is InChI=1S/C26H31N5O/c27-16-8-3-1-2-4-9-17-31-18-23(24-25(28)29-19-30-26(24)31)20-12-14-22(15-13-20)32-21-10-6-5-7-11-21/h5-7,10-15,18-19H,1-4,8-9,16-17,27H2,(H2,28,29,30). The Labute approximate surface area is 189 Å². The third kappa shape index (κ3) is 5.26. The normalized spacial score (nSPS) is 11.2. The fraction of sp³-hybridized carbons (Fsp3) is 0.308. The van der Waals surface area contributed by atoms with Crippen molar-refractivity contribution in [1.82, 2.24) is 14.5 Å². The largest absolute Gasteiger partial charge is 0.457 e. The summed E-state index contributed by atoms with van der Waals surface area (Å²) in [6.45, 7) is 1.71. The Morgan fingerprint density at radius 2 is 1.47 bits per heavy atom. The van der Waals surface area contributed by atoms with Crippen molar-refractivity contribution in [2.75, 3.05) is 12.3 Å². The van der Waals surface area contributed by atoms with E-state index in [0.717, 1.165) is 59.6 Å². The van der Waals surface area contributed by atoms with E-state index in [2.05, 4.69) is 32.9 Å². The van der Waals surface area contributed by atoms with Crippen LogP contribution in [0.1, 0.15) is 38.5 Å². The van der Waals surface area contributed by atoms with E-state index in [9.17, 15) is 0 Å². The smallest absolute Gasteiger partial charge is 0.146 e. The van der Waals surface area contributed by atoms with Crippen LogP contribution in [0.3, 0.4) is 0 Å². The summed E-state index contributed by atoms with van der Waals surface area (Å²) >= 11 is 0. The first kappa shape index (κ1) is 21.8. The highest BCUT2D eigenvalue weighted by Crippen LogP contribution is 2.34. The minimum Gasteiger partial charge on any atom is -0.457 e. The van der Waals surface area contributed by atoms with Crippen molar-refractivity contribution in [3.8, 4) is 22.6 Å². The van der Waals surface area contributed by atoms with Crippen molar-refractivity contribution in [2.45, 2.75) is 45.1 Å². The minimum absolute atomic E-state index is 0.509. The monoisotopic (exact) mass is 429 g/mol. The number of nitrogens with zero attached hydrogens (tertiary/aromatic N) is 3. The van der Waals surface area contributed by atoms with Crippen molar-refractivity contribution in [2.24, 2.45) is 5.73 Å². The Kier molecular flexibility index (Phi) is 7.35. The van der Waals surface area contributed by atoms with Gasteiger partial charge >= 0.3 is 0 Å². The van der Waals surface area contributed by atoms with Crippen LogP contribution >= 0.6 is 0 Å². The number of hydrogen-bond donors (Lipinski definition) is 2. The van der Waals surface area contributed by atoms with Crippen molar-refractivity contribution >= 4 is 16.9 Å². The van der Waals surface area contributed by atoms with Gasteiger partial charge in [0.25, 0.3) is 0 Å². The van der Waals surface area contributed by atoms with E-state index in [1.807, 2.05) is 42.5 Å². The van der Waals surface area contributed by atoms with Gasteiger partial charge < -0.3 is 20.8 Å². The fourth-order valence-corrected chi connectivity index (χ4v) is 4.00. The number of aromatic nitrogens is 3. The molecule has 0 spiro atoms. The average molecular weight is 430 g/mol. The molecule has 2 aromatic heterocycles. The summed E-state index contributed by atoms with van der Waals surface area (Å²) in [4.78, 5) is 8.77. The second-order valence-electron chi connectivity index (χ2n) is 8.04. The SMILES string of the molecule is NCCCCCCCCn1cc(-c2ccc(Oc3ccccc3)cc2)c2c(N)ncnc21. The second-order valence-corrected chi connectivity index (χ2v) is 8.04. The molecular weight excluding hydrogens is 398 g/mol. The van der Waals surface area contributed by atoms with E-state index in [-0.39, 0.29) is 0 Å². The summed E-state index contributed by atoms with van der Waals surface area (Å²) in [5, 5.41) is 0.909. The molecule has 0 radical (unpaired) electrons. The zero-order chi connectivity index (χ0) is 22.2. The lowest BCUT2D eigenvalue weighted by molar-refractivity contribution is 0.483. The van der Waals surface area contributed by atoms with Crippen LogP contribution in [-0.2, 0) is 6.54 Å². The molecule has 2 heterocycles. The number of aryl methyl sites for hydroxylation is 1. The summed E-state index contributed by atoms with van der Waals surface area (Å²) in [5.74, 6) is 2.12. The molecule has 32 heavy (non-hydrogen) atoms. The molecule has 0 saturated carbocycles. The van der Waals surface area contributed by atoms with E-state index in [0.29, 0.717) is 5.82 Å². The van der Waals surface area contributed by atoms with Gasteiger partial charge in [0.05, 0.1) is 5.39 Å².